The average Bonchev–Trinajstić information content (AvgIpc) is 2.43. The Labute approximate surface area is 124 Å². The van der Waals surface area contributed by atoms with Gasteiger partial charge in [0.25, 0.3) is 0 Å². The first-order valence-corrected chi connectivity index (χ1v) is 7.96. The van der Waals surface area contributed by atoms with E-state index >= 15 is 0 Å². The van der Waals surface area contributed by atoms with Crippen LogP contribution in [0.2, 0.25) is 0 Å². The van der Waals surface area contributed by atoms with E-state index in [-0.39, 0.29) is 0 Å². The maximum absolute atomic E-state index is 10.2. The summed E-state index contributed by atoms with van der Waals surface area (Å²) in [5, 5.41) is 8.42. The third kappa shape index (κ3) is 16.7. The first kappa shape index (κ1) is 18.7. The quantitative estimate of drug-likeness (QED) is 0.268. The van der Waals surface area contributed by atoms with Gasteiger partial charge < -0.3 is 5.11 Å². The minimum atomic E-state index is -0.851. The van der Waals surface area contributed by atoms with Gasteiger partial charge in [0, 0.05) is 6.08 Å². The number of carboxylic acids is 1. The predicted octanol–water partition coefficient (Wildman–Crippen LogP) is 5.66. The van der Waals surface area contributed by atoms with Crippen LogP contribution in [0.4, 0.5) is 0 Å². The number of rotatable bonds is 13. The van der Waals surface area contributed by atoms with Crippen LogP contribution in [0.25, 0.3) is 0 Å². The first-order valence-electron chi connectivity index (χ1n) is 7.96. The van der Waals surface area contributed by atoms with Gasteiger partial charge in [-0.25, -0.2) is 4.79 Å². The summed E-state index contributed by atoms with van der Waals surface area (Å²) in [5.41, 5.74) is 0. The highest BCUT2D eigenvalue weighted by atomic mass is 16.4. The van der Waals surface area contributed by atoms with Crippen LogP contribution in [0.15, 0.2) is 36.5 Å². The molecule has 0 aromatic heterocycles. The maximum atomic E-state index is 10.2. The van der Waals surface area contributed by atoms with Crippen LogP contribution in [0.1, 0.15) is 71.1 Å². The molecular formula is C18H30O2. The molecule has 0 spiro atoms. The molecule has 0 saturated heterocycles. The lowest BCUT2D eigenvalue weighted by Gasteiger charge is -1.94. The second kappa shape index (κ2) is 15.7. The van der Waals surface area contributed by atoms with Crippen molar-refractivity contribution in [2.75, 3.05) is 0 Å². The van der Waals surface area contributed by atoms with Crippen molar-refractivity contribution in [2.45, 2.75) is 71.1 Å². The number of hydrogen-bond acceptors (Lipinski definition) is 1. The second-order valence-electron chi connectivity index (χ2n) is 5.05. The Morgan fingerprint density at radius 1 is 0.800 bits per heavy atom. The van der Waals surface area contributed by atoms with Crippen molar-refractivity contribution < 1.29 is 9.90 Å². The zero-order valence-corrected chi connectivity index (χ0v) is 12.9. The Morgan fingerprint density at radius 2 is 1.35 bits per heavy atom. The van der Waals surface area contributed by atoms with Gasteiger partial charge in [-0.15, -0.1) is 0 Å². The lowest BCUT2D eigenvalue weighted by Crippen LogP contribution is -1.85. The SMILES string of the molecule is CCCCCC=CCC=CCCCCCC=CC(=O)O. The summed E-state index contributed by atoms with van der Waals surface area (Å²) in [6.45, 7) is 2.23. The molecule has 2 nitrogen and oxygen atoms in total. The van der Waals surface area contributed by atoms with Crippen LogP contribution >= 0.6 is 0 Å². The van der Waals surface area contributed by atoms with E-state index < -0.39 is 5.97 Å². The molecule has 2 heteroatoms. The van der Waals surface area contributed by atoms with Gasteiger partial charge in [0.1, 0.15) is 0 Å². The molecule has 0 rings (SSSR count). The molecule has 0 aromatic carbocycles. The topological polar surface area (TPSA) is 37.3 Å². The van der Waals surface area contributed by atoms with Gasteiger partial charge in [-0.05, 0) is 44.9 Å². The Kier molecular flexibility index (Phi) is 14.7. The third-order valence-corrected chi connectivity index (χ3v) is 3.08. The summed E-state index contributed by atoms with van der Waals surface area (Å²) in [4.78, 5) is 10.2. The molecule has 0 aliphatic heterocycles. The summed E-state index contributed by atoms with van der Waals surface area (Å²) in [6, 6.07) is 0. The third-order valence-electron chi connectivity index (χ3n) is 3.08. The fourth-order valence-electron chi connectivity index (χ4n) is 1.90. The van der Waals surface area contributed by atoms with Gasteiger partial charge in [0.2, 0.25) is 0 Å². The van der Waals surface area contributed by atoms with Gasteiger partial charge in [-0.1, -0.05) is 56.6 Å². The van der Waals surface area contributed by atoms with Gasteiger partial charge in [0.05, 0.1) is 0 Å². The van der Waals surface area contributed by atoms with E-state index in [2.05, 4.69) is 31.2 Å². The summed E-state index contributed by atoms with van der Waals surface area (Å²) in [7, 11) is 0. The zero-order valence-electron chi connectivity index (χ0n) is 12.9. The second-order valence-corrected chi connectivity index (χ2v) is 5.05. The van der Waals surface area contributed by atoms with Crippen LogP contribution in [0.5, 0.6) is 0 Å². The number of hydrogen-bond donors (Lipinski definition) is 1. The summed E-state index contributed by atoms with van der Waals surface area (Å²) < 4.78 is 0. The van der Waals surface area contributed by atoms with E-state index in [1.165, 1.54) is 44.6 Å². The molecule has 0 radical (unpaired) electrons. The normalized spacial score (nSPS) is 12.1. The van der Waals surface area contributed by atoms with Crippen LogP contribution < -0.4 is 0 Å². The Morgan fingerprint density at radius 3 is 1.90 bits per heavy atom. The van der Waals surface area contributed by atoms with E-state index in [1.54, 1.807) is 6.08 Å². The van der Waals surface area contributed by atoms with Crippen LogP contribution in [-0.2, 0) is 4.79 Å². The van der Waals surface area contributed by atoms with E-state index in [1.807, 2.05) is 0 Å². The van der Waals surface area contributed by atoms with E-state index in [0.717, 1.165) is 25.7 Å². The molecule has 0 fully saturated rings. The number of allylic oxidation sites excluding steroid dienone is 5. The highest BCUT2D eigenvalue weighted by Crippen LogP contribution is 2.05. The molecule has 0 unspecified atom stereocenters. The van der Waals surface area contributed by atoms with Crippen molar-refractivity contribution in [3.8, 4) is 0 Å². The average molecular weight is 278 g/mol. The fourth-order valence-corrected chi connectivity index (χ4v) is 1.90. The molecule has 0 heterocycles. The standard InChI is InChI=1S/C18H30O2/c1-2-3-4-5-6-7-8-9-10-11-12-13-14-15-16-17-18(19)20/h6-7,9-10,16-17H,2-5,8,11-15H2,1H3,(H,19,20). The molecule has 1 N–H and O–H groups in total. The highest BCUT2D eigenvalue weighted by Gasteiger charge is 1.88. The summed E-state index contributed by atoms with van der Waals surface area (Å²) in [5.74, 6) is -0.851. The minimum Gasteiger partial charge on any atom is -0.478 e. The number of carboxylic acid groups (broad SMARTS) is 1. The van der Waals surface area contributed by atoms with Crippen molar-refractivity contribution in [3.63, 3.8) is 0 Å². The number of carbonyl (C=O) groups is 1. The summed E-state index contributed by atoms with van der Waals surface area (Å²) in [6.07, 6.45) is 23.6. The molecule has 20 heavy (non-hydrogen) atoms. The Bertz CT molecular complexity index is 301. The molecule has 0 aliphatic carbocycles. The molecule has 0 atom stereocenters. The zero-order chi connectivity index (χ0) is 14.9. The predicted molar refractivity (Wildman–Crippen MR) is 86.9 cm³/mol. The first-order chi connectivity index (χ1) is 9.77. The van der Waals surface area contributed by atoms with Crippen molar-refractivity contribution in [3.05, 3.63) is 36.5 Å². The number of aliphatic carboxylic acids is 1. The molecule has 0 saturated carbocycles. The number of unbranched alkanes of at least 4 members (excludes halogenated alkanes) is 7. The van der Waals surface area contributed by atoms with Gasteiger partial charge in [0.15, 0.2) is 0 Å². The van der Waals surface area contributed by atoms with E-state index in [9.17, 15) is 4.79 Å². The van der Waals surface area contributed by atoms with Crippen LogP contribution in [0, 0.1) is 0 Å². The van der Waals surface area contributed by atoms with Gasteiger partial charge >= 0.3 is 5.97 Å². The van der Waals surface area contributed by atoms with Crippen molar-refractivity contribution in [1.29, 1.82) is 0 Å². The molecule has 0 aromatic rings. The molecule has 0 aliphatic rings. The molecule has 114 valence electrons. The summed E-state index contributed by atoms with van der Waals surface area (Å²) >= 11 is 0. The van der Waals surface area contributed by atoms with Gasteiger partial charge in [-0.2, -0.15) is 0 Å². The Balaban J connectivity index is 3.25. The van der Waals surface area contributed by atoms with Gasteiger partial charge in [-0.3, -0.25) is 0 Å². The van der Waals surface area contributed by atoms with E-state index in [4.69, 9.17) is 5.11 Å². The minimum absolute atomic E-state index is 0.851. The molecular weight excluding hydrogens is 248 g/mol. The highest BCUT2D eigenvalue weighted by molar-refractivity contribution is 5.79. The fraction of sp³-hybridized carbons (Fsp3) is 0.611. The lowest BCUT2D eigenvalue weighted by molar-refractivity contribution is -0.131. The van der Waals surface area contributed by atoms with Crippen molar-refractivity contribution >= 4 is 5.97 Å². The molecule has 0 bridgehead atoms. The van der Waals surface area contributed by atoms with Crippen LogP contribution in [-0.4, -0.2) is 11.1 Å². The van der Waals surface area contributed by atoms with E-state index in [0.29, 0.717) is 0 Å². The molecule has 0 amide bonds. The Hall–Kier alpha value is -1.31. The lowest BCUT2D eigenvalue weighted by atomic mass is 10.1. The van der Waals surface area contributed by atoms with Crippen molar-refractivity contribution in [1.82, 2.24) is 0 Å². The monoisotopic (exact) mass is 278 g/mol. The smallest absolute Gasteiger partial charge is 0.327 e. The van der Waals surface area contributed by atoms with Crippen molar-refractivity contribution in [2.24, 2.45) is 0 Å². The maximum Gasteiger partial charge on any atom is 0.327 e. The van der Waals surface area contributed by atoms with Crippen LogP contribution in [0.3, 0.4) is 0 Å². The largest absolute Gasteiger partial charge is 0.478 e.